The van der Waals surface area contributed by atoms with Crippen LogP contribution in [0, 0.1) is 0 Å². The number of aromatic hydroxyl groups is 1. The summed E-state index contributed by atoms with van der Waals surface area (Å²) < 4.78 is 0. The van der Waals surface area contributed by atoms with Crippen LogP contribution in [0.3, 0.4) is 0 Å². The smallest absolute Gasteiger partial charge is 0.115 e. The molecular formula is C18H23NOS. The Morgan fingerprint density at radius 2 is 2.29 bits per heavy atom. The lowest BCUT2D eigenvalue weighted by atomic mass is 9.78. The second-order valence-corrected chi connectivity index (χ2v) is 6.96. The number of rotatable bonds is 5. The van der Waals surface area contributed by atoms with E-state index in [1.165, 1.54) is 35.3 Å². The molecule has 0 bridgehead atoms. The van der Waals surface area contributed by atoms with Crippen molar-refractivity contribution >= 4 is 11.3 Å². The first kappa shape index (κ1) is 14.6. The van der Waals surface area contributed by atoms with Gasteiger partial charge in [0.25, 0.3) is 0 Å². The predicted molar refractivity (Wildman–Crippen MR) is 89.4 cm³/mol. The lowest BCUT2D eigenvalue weighted by Crippen LogP contribution is -2.20. The van der Waals surface area contributed by atoms with Crippen molar-refractivity contribution < 1.29 is 5.11 Å². The van der Waals surface area contributed by atoms with Crippen LogP contribution < -0.4 is 5.32 Å². The van der Waals surface area contributed by atoms with Gasteiger partial charge in [0.15, 0.2) is 0 Å². The van der Waals surface area contributed by atoms with Crippen LogP contribution >= 0.6 is 11.3 Å². The Bertz CT molecular complexity index is 579. The molecule has 112 valence electrons. The first-order chi connectivity index (χ1) is 10.3. The SMILES string of the molecule is CNCC(CC1CCCc2cc(O)ccc21)c1cccs1. The number of likely N-dealkylation sites (N-methyl/N-ethyl adjacent to an activating group) is 1. The summed E-state index contributed by atoms with van der Waals surface area (Å²) in [4.78, 5) is 1.48. The zero-order chi connectivity index (χ0) is 14.7. The second-order valence-electron chi connectivity index (χ2n) is 5.98. The molecule has 2 nitrogen and oxygen atoms in total. The number of hydrogen-bond acceptors (Lipinski definition) is 3. The summed E-state index contributed by atoms with van der Waals surface area (Å²) >= 11 is 1.86. The molecule has 1 aliphatic carbocycles. The van der Waals surface area contributed by atoms with Gasteiger partial charge in [-0.3, -0.25) is 0 Å². The Kier molecular flexibility index (Phi) is 4.61. The Morgan fingerprint density at radius 1 is 1.38 bits per heavy atom. The fourth-order valence-corrected chi connectivity index (χ4v) is 4.40. The van der Waals surface area contributed by atoms with E-state index < -0.39 is 0 Å². The van der Waals surface area contributed by atoms with Gasteiger partial charge >= 0.3 is 0 Å². The summed E-state index contributed by atoms with van der Waals surface area (Å²) in [7, 11) is 2.04. The van der Waals surface area contributed by atoms with Gasteiger partial charge in [0.2, 0.25) is 0 Å². The monoisotopic (exact) mass is 301 g/mol. The quantitative estimate of drug-likeness (QED) is 0.864. The van der Waals surface area contributed by atoms with E-state index in [4.69, 9.17) is 0 Å². The van der Waals surface area contributed by atoms with E-state index in [0.29, 0.717) is 17.6 Å². The molecule has 3 rings (SSSR count). The molecule has 21 heavy (non-hydrogen) atoms. The third-order valence-corrected chi connectivity index (χ3v) is 5.56. The molecule has 0 aliphatic heterocycles. The molecule has 2 atom stereocenters. The normalized spacial score (nSPS) is 19.2. The van der Waals surface area contributed by atoms with E-state index >= 15 is 0 Å². The Morgan fingerprint density at radius 3 is 3.05 bits per heavy atom. The Hall–Kier alpha value is -1.32. The highest BCUT2D eigenvalue weighted by atomic mass is 32.1. The number of thiophene rings is 1. The van der Waals surface area contributed by atoms with Crippen LogP contribution in [-0.4, -0.2) is 18.7 Å². The summed E-state index contributed by atoms with van der Waals surface area (Å²) in [6.07, 6.45) is 4.80. The van der Waals surface area contributed by atoms with Crippen molar-refractivity contribution in [3.63, 3.8) is 0 Å². The number of nitrogens with one attached hydrogen (secondary N) is 1. The number of hydrogen-bond donors (Lipinski definition) is 2. The maximum absolute atomic E-state index is 9.68. The number of phenolic OH excluding ortho intramolecular Hbond substituents is 1. The molecule has 2 unspecified atom stereocenters. The molecule has 0 fully saturated rings. The first-order valence-corrected chi connectivity index (χ1v) is 8.65. The second kappa shape index (κ2) is 6.63. The largest absolute Gasteiger partial charge is 0.508 e. The van der Waals surface area contributed by atoms with Crippen molar-refractivity contribution in [2.45, 2.75) is 37.5 Å². The summed E-state index contributed by atoms with van der Waals surface area (Å²) in [5, 5.41) is 15.2. The van der Waals surface area contributed by atoms with Crippen LogP contribution in [0.4, 0.5) is 0 Å². The van der Waals surface area contributed by atoms with Gasteiger partial charge in [-0.25, -0.2) is 0 Å². The van der Waals surface area contributed by atoms with Gasteiger partial charge in [0.1, 0.15) is 5.75 Å². The molecule has 0 radical (unpaired) electrons. The minimum absolute atomic E-state index is 0.402. The van der Waals surface area contributed by atoms with Crippen molar-refractivity contribution in [3.8, 4) is 5.75 Å². The maximum atomic E-state index is 9.68. The van der Waals surface area contributed by atoms with Gasteiger partial charge < -0.3 is 10.4 Å². The Labute approximate surface area is 130 Å². The van der Waals surface area contributed by atoms with Crippen molar-refractivity contribution in [2.24, 2.45) is 0 Å². The molecule has 0 spiro atoms. The van der Waals surface area contributed by atoms with Crippen LogP contribution in [0.1, 0.15) is 47.1 Å². The third-order valence-electron chi connectivity index (χ3n) is 4.53. The summed E-state index contributed by atoms with van der Waals surface area (Å²) in [5.41, 5.74) is 2.80. The molecule has 1 aromatic carbocycles. The topological polar surface area (TPSA) is 32.3 Å². The number of aryl methyl sites for hydroxylation is 1. The van der Waals surface area contributed by atoms with Crippen LogP contribution in [-0.2, 0) is 6.42 Å². The van der Waals surface area contributed by atoms with Gasteiger partial charge in [-0.15, -0.1) is 11.3 Å². The molecule has 1 aliphatic rings. The van der Waals surface area contributed by atoms with Gasteiger partial charge in [0.05, 0.1) is 0 Å². The molecule has 0 saturated heterocycles. The van der Waals surface area contributed by atoms with Crippen LogP contribution in [0.5, 0.6) is 5.75 Å². The maximum Gasteiger partial charge on any atom is 0.115 e. The van der Waals surface area contributed by atoms with E-state index in [0.717, 1.165) is 13.0 Å². The van der Waals surface area contributed by atoms with Gasteiger partial charge in [-0.2, -0.15) is 0 Å². The van der Waals surface area contributed by atoms with Crippen molar-refractivity contribution in [1.82, 2.24) is 5.32 Å². The molecule has 1 heterocycles. The van der Waals surface area contributed by atoms with Crippen LogP contribution in [0.15, 0.2) is 35.7 Å². The fraction of sp³-hybridized carbons (Fsp3) is 0.444. The van der Waals surface area contributed by atoms with E-state index in [1.807, 2.05) is 30.5 Å². The molecule has 3 heteroatoms. The van der Waals surface area contributed by atoms with Crippen LogP contribution in [0.25, 0.3) is 0 Å². The van der Waals surface area contributed by atoms with E-state index in [2.05, 4.69) is 28.9 Å². The lowest BCUT2D eigenvalue weighted by molar-refractivity contribution is 0.454. The van der Waals surface area contributed by atoms with Gasteiger partial charge in [0, 0.05) is 17.3 Å². The number of benzene rings is 1. The van der Waals surface area contributed by atoms with E-state index in [1.54, 1.807) is 0 Å². The summed E-state index contributed by atoms with van der Waals surface area (Å²) in [6.45, 7) is 1.03. The van der Waals surface area contributed by atoms with E-state index in [-0.39, 0.29) is 0 Å². The first-order valence-electron chi connectivity index (χ1n) is 7.77. The zero-order valence-electron chi connectivity index (χ0n) is 12.5. The molecular weight excluding hydrogens is 278 g/mol. The number of fused-ring (bicyclic) bond motifs is 1. The van der Waals surface area contributed by atoms with Crippen molar-refractivity contribution in [2.75, 3.05) is 13.6 Å². The summed E-state index contributed by atoms with van der Waals surface area (Å²) in [6, 6.07) is 10.3. The zero-order valence-corrected chi connectivity index (χ0v) is 13.3. The molecule has 1 aromatic heterocycles. The highest BCUT2D eigenvalue weighted by Gasteiger charge is 2.24. The molecule has 0 amide bonds. The highest BCUT2D eigenvalue weighted by molar-refractivity contribution is 7.10. The Balaban J connectivity index is 1.81. The van der Waals surface area contributed by atoms with Gasteiger partial charge in [-0.05, 0) is 73.4 Å². The third kappa shape index (κ3) is 3.30. The fourth-order valence-electron chi connectivity index (χ4n) is 3.56. The number of phenols is 1. The molecule has 2 N–H and O–H groups in total. The minimum Gasteiger partial charge on any atom is -0.508 e. The lowest BCUT2D eigenvalue weighted by Gasteiger charge is -2.29. The van der Waals surface area contributed by atoms with Gasteiger partial charge in [-0.1, -0.05) is 12.1 Å². The summed E-state index contributed by atoms with van der Waals surface area (Å²) in [5.74, 6) is 1.61. The van der Waals surface area contributed by atoms with E-state index in [9.17, 15) is 5.11 Å². The standard InChI is InChI=1S/C18H23NOS/c1-19-12-15(18-6-3-9-21-18)10-13-4-2-5-14-11-16(20)7-8-17(13)14/h3,6-9,11,13,15,19-20H,2,4-5,10,12H2,1H3. The average molecular weight is 301 g/mol. The molecule has 2 aromatic rings. The van der Waals surface area contributed by atoms with Crippen molar-refractivity contribution in [3.05, 3.63) is 51.7 Å². The highest BCUT2D eigenvalue weighted by Crippen LogP contribution is 2.40. The minimum atomic E-state index is 0.402. The predicted octanol–water partition coefficient (Wildman–Crippen LogP) is 4.27. The average Bonchev–Trinajstić information content (AvgIpc) is 3.01. The van der Waals surface area contributed by atoms with Crippen LogP contribution in [0.2, 0.25) is 0 Å². The van der Waals surface area contributed by atoms with Crippen molar-refractivity contribution in [1.29, 1.82) is 0 Å². The molecule has 0 saturated carbocycles.